The number of carbonyl (C=O) groups excluding carboxylic acids is 3. The highest BCUT2D eigenvalue weighted by atomic mass is 32.1. The summed E-state index contributed by atoms with van der Waals surface area (Å²) in [6.45, 7) is 7.03. The van der Waals surface area contributed by atoms with Crippen LogP contribution in [0.3, 0.4) is 0 Å². The molecule has 1 aromatic carbocycles. The number of esters is 1. The average molecular weight is 406 g/mol. The summed E-state index contributed by atoms with van der Waals surface area (Å²) in [5, 5.41) is 5.53. The van der Waals surface area contributed by atoms with Gasteiger partial charge in [-0.2, -0.15) is 0 Å². The Balaban J connectivity index is 2.01. The first-order valence-corrected chi connectivity index (χ1v) is 9.81. The van der Waals surface area contributed by atoms with Gasteiger partial charge in [0.1, 0.15) is 6.04 Å². The van der Waals surface area contributed by atoms with Gasteiger partial charge in [-0.1, -0.05) is 32.0 Å². The van der Waals surface area contributed by atoms with Crippen LogP contribution in [0.15, 0.2) is 24.3 Å². The highest BCUT2D eigenvalue weighted by Crippen LogP contribution is 2.13. The molecule has 0 spiro atoms. The number of hydrogen-bond donors (Lipinski definition) is 2. The van der Waals surface area contributed by atoms with Crippen LogP contribution in [0.1, 0.15) is 42.6 Å². The van der Waals surface area contributed by atoms with Gasteiger partial charge in [0.15, 0.2) is 5.11 Å². The molecular weight excluding hydrogens is 378 g/mol. The van der Waals surface area contributed by atoms with Crippen molar-refractivity contribution in [1.82, 2.24) is 15.5 Å². The molecule has 1 fully saturated rings. The molecule has 2 rings (SSSR count). The van der Waals surface area contributed by atoms with Crippen molar-refractivity contribution in [2.24, 2.45) is 5.92 Å². The lowest BCUT2D eigenvalue weighted by molar-refractivity contribution is -0.147. The van der Waals surface area contributed by atoms with Crippen molar-refractivity contribution in [3.05, 3.63) is 35.4 Å². The van der Waals surface area contributed by atoms with Gasteiger partial charge < -0.3 is 15.0 Å². The number of benzene rings is 1. The first kappa shape index (κ1) is 21.8. The molecule has 1 atom stereocenters. The molecule has 0 aliphatic carbocycles. The van der Waals surface area contributed by atoms with Crippen LogP contribution in [0, 0.1) is 12.8 Å². The highest BCUT2D eigenvalue weighted by molar-refractivity contribution is 7.80. The first-order valence-electron chi connectivity index (χ1n) is 9.40. The zero-order valence-corrected chi connectivity index (χ0v) is 17.3. The Hall–Kier alpha value is -2.48. The molecule has 0 radical (unpaired) electrons. The molecule has 1 aliphatic rings. The SMILES string of the molecule is Cc1ccccc1C(=O)NC(=S)N1CCNC(=O)C1CC(=O)OCCC(C)C. The van der Waals surface area contributed by atoms with E-state index in [0.29, 0.717) is 31.2 Å². The van der Waals surface area contributed by atoms with E-state index >= 15 is 0 Å². The maximum atomic E-state index is 12.5. The summed E-state index contributed by atoms with van der Waals surface area (Å²) in [5.41, 5.74) is 1.33. The van der Waals surface area contributed by atoms with Gasteiger partial charge in [-0.25, -0.2) is 0 Å². The summed E-state index contributed by atoms with van der Waals surface area (Å²) in [5.74, 6) is -0.681. The van der Waals surface area contributed by atoms with Crippen LogP contribution in [0.5, 0.6) is 0 Å². The topological polar surface area (TPSA) is 87.7 Å². The highest BCUT2D eigenvalue weighted by Gasteiger charge is 2.34. The van der Waals surface area contributed by atoms with E-state index in [0.717, 1.165) is 12.0 Å². The lowest BCUT2D eigenvalue weighted by atomic mass is 10.1. The predicted molar refractivity (Wildman–Crippen MR) is 110 cm³/mol. The van der Waals surface area contributed by atoms with Crippen molar-refractivity contribution in [2.75, 3.05) is 19.7 Å². The van der Waals surface area contributed by atoms with Gasteiger partial charge in [0.05, 0.1) is 13.0 Å². The maximum Gasteiger partial charge on any atom is 0.308 e. The van der Waals surface area contributed by atoms with E-state index < -0.39 is 12.0 Å². The summed E-state index contributed by atoms with van der Waals surface area (Å²) in [6.07, 6.45) is 0.640. The summed E-state index contributed by atoms with van der Waals surface area (Å²) in [6, 6.07) is 6.36. The number of amides is 2. The zero-order valence-electron chi connectivity index (χ0n) is 16.5. The third-order valence-corrected chi connectivity index (χ3v) is 4.86. The Morgan fingerprint density at radius 3 is 2.75 bits per heavy atom. The molecule has 1 heterocycles. The monoisotopic (exact) mass is 405 g/mol. The van der Waals surface area contributed by atoms with Crippen molar-refractivity contribution in [1.29, 1.82) is 0 Å². The Kier molecular flexibility index (Phi) is 7.92. The number of nitrogens with zero attached hydrogens (tertiary/aromatic N) is 1. The van der Waals surface area contributed by atoms with Gasteiger partial charge >= 0.3 is 5.97 Å². The van der Waals surface area contributed by atoms with E-state index in [1.54, 1.807) is 17.0 Å². The fraction of sp³-hybridized carbons (Fsp3) is 0.500. The summed E-state index contributed by atoms with van der Waals surface area (Å²) < 4.78 is 5.22. The number of hydrogen-bond acceptors (Lipinski definition) is 5. The number of thiocarbonyl (C=S) groups is 1. The summed E-state index contributed by atoms with van der Waals surface area (Å²) in [7, 11) is 0. The van der Waals surface area contributed by atoms with Gasteiger partial charge in [0, 0.05) is 18.7 Å². The van der Waals surface area contributed by atoms with Crippen LogP contribution < -0.4 is 10.6 Å². The van der Waals surface area contributed by atoms with Crippen molar-refractivity contribution < 1.29 is 19.1 Å². The second-order valence-electron chi connectivity index (χ2n) is 7.18. The van der Waals surface area contributed by atoms with Crippen LogP contribution in [-0.2, 0) is 14.3 Å². The Morgan fingerprint density at radius 2 is 2.07 bits per heavy atom. The number of piperazine rings is 1. The van der Waals surface area contributed by atoms with Crippen LogP contribution >= 0.6 is 12.2 Å². The van der Waals surface area contributed by atoms with E-state index in [1.807, 2.05) is 32.9 Å². The fourth-order valence-electron chi connectivity index (χ4n) is 2.85. The Labute approximate surface area is 170 Å². The normalized spacial score (nSPS) is 16.5. The molecule has 28 heavy (non-hydrogen) atoms. The molecule has 0 saturated carbocycles. The number of aryl methyl sites for hydroxylation is 1. The molecule has 0 bridgehead atoms. The molecule has 0 aromatic heterocycles. The fourth-order valence-corrected chi connectivity index (χ4v) is 3.16. The first-order chi connectivity index (χ1) is 13.3. The smallest absolute Gasteiger partial charge is 0.308 e. The van der Waals surface area contributed by atoms with E-state index in [9.17, 15) is 14.4 Å². The largest absolute Gasteiger partial charge is 0.466 e. The minimum Gasteiger partial charge on any atom is -0.466 e. The maximum absolute atomic E-state index is 12.5. The molecule has 2 amide bonds. The van der Waals surface area contributed by atoms with Crippen molar-refractivity contribution in [3.63, 3.8) is 0 Å². The summed E-state index contributed by atoms with van der Waals surface area (Å²) >= 11 is 5.36. The van der Waals surface area contributed by atoms with Crippen LogP contribution in [-0.4, -0.2) is 53.5 Å². The van der Waals surface area contributed by atoms with Gasteiger partial charge in [0.2, 0.25) is 5.91 Å². The van der Waals surface area contributed by atoms with Crippen LogP contribution in [0.4, 0.5) is 0 Å². The van der Waals surface area contributed by atoms with E-state index in [-0.39, 0.29) is 23.3 Å². The van der Waals surface area contributed by atoms with E-state index in [1.165, 1.54) is 0 Å². The van der Waals surface area contributed by atoms with Gasteiger partial charge in [-0.15, -0.1) is 0 Å². The Bertz CT molecular complexity index is 751. The molecule has 8 heteroatoms. The quantitative estimate of drug-likeness (QED) is 0.554. The molecule has 7 nitrogen and oxygen atoms in total. The minimum absolute atomic E-state index is 0.121. The molecular formula is C20H27N3O4S. The number of carbonyl (C=O) groups is 3. The third-order valence-electron chi connectivity index (χ3n) is 4.52. The minimum atomic E-state index is -0.801. The molecule has 1 aromatic rings. The van der Waals surface area contributed by atoms with Crippen LogP contribution in [0.2, 0.25) is 0 Å². The second kappa shape index (κ2) is 10.2. The molecule has 1 unspecified atom stereocenters. The Morgan fingerprint density at radius 1 is 1.36 bits per heavy atom. The number of nitrogens with one attached hydrogen (secondary N) is 2. The molecule has 2 N–H and O–H groups in total. The second-order valence-corrected chi connectivity index (χ2v) is 7.57. The van der Waals surface area contributed by atoms with Gasteiger partial charge in [0.25, 0.3) is 5.91 Å². The number of ether oxygens (including phenoxy) is 1. The van der Waals surface area contributed by atoms with Crippen molar-refractivity contribution in [3.8, 4) is 0 Å². The van der Waals surface area contributed by atoms with Crippen molar-refractivity contribution >= 4 is 35.1 Å². The lowest BCUT2D eigenvalue weighted by Crippen LogP contribution is -2.60. The predicted octanol–water partition coefficient (Wildman–Crippen LogP) is 1.79. The number of rotatable bonds is 6. The zero-order chi connectivity index (χ0) is 20.7. The van der Waals surface area contributed by atoms with E-state index in [4.69, 9.17) is 17.0 Å². The molecule has 1 saturated heterocycles. The molecule has 1 aliphatic heterocycles. The average Bonchev–Trinajstić information content (AvgIpc) is 2.63. The lowest BCUT2D eigenvalue weighted by Gasteiger charge is -2.36. The molecule has 152 valence electrons. The van der Waals surface area contributed by atoms with Gasteiger partial charge in [-0.05, 0) is 43.1 Å². The summed E-state index contributed by atoms with van der Waals surface area (Å²) in [4.78, 5) is 38.5. The third kappa shape index (κ3) is 6.02. The van der Waals surface area contributed by atoms with Crippen molar-refractivity contribution in [2.45, 2.75) is 39.7 Å². The van der Waals surface area contributed by atoms with E-state index in [2.05, 4.69) is 10.6 Å². The van der Waals surface area contributed by atoms with Gasteiger partial charge in [-0.3, -0.25) is 19.7 Å². The van der Waals surface area contributed by atoms with Crippen LogP contribution in [0.25, 0.3) is 0 Å². The standard InChI is InChI=1S/C20H27N3O4S/c1-13(2)8-11-27-17(24)12-16-19(26)21-9-10-23(16)20(28)22-18(25)15-7-5-4-6-14(15)3/h4-7,13,16H,8-12H2,1-3H3,(H,21,26)(H,22,25,28).